The van der Waals surface area contributed by atoms with E-state index < -0.39 is 5.92 Å². The highest BCUT2D eigenvalue weighted by Crippen LogP contribution is 2.61. The zero-order chi connectivity index (χ0) is 20.0. The van der Waals surface area contributed by atoms with E-state index in [1.54, 1.807) is 17.2 Å². The number of nitrogens with zero attached hydrogens (tertiary/aromatic N) is 1. The fourth-order valence-corrected chi connectivity index (χ4v) is 6.82. The molecule has 1 aromatic rings. The maximum atomic E-state index is 12.6. The highest BCUT2D eigenvalue weighted by molar-refractivity contribution is 5.90. The molecule has 0 spiro atoms. The van der Waals surface area contributed by atoms with E-state index in [2.05, 4.69) is 10.9 Å². The standard InChI is InChI=1S/C22H29N3O4/c26-19(11-22-8-14-4-15(9-22)6-16(5-14)10-22)23-24-21(28)17-7-20(27)25(12-17)13-18-2-1-3-29-18/h1-3,14-17H,4-13H2,(H,23,26)(H,24,28). The molecule has 0 radical (unpaired) electrons. The van der Waals surface area contributed by atoms with Crippen LogP contribution >= 0.6 is 0 Å². The summed E-state index contributed by atoms with van der Waals surface area (Å²) in [5.74, 6) is 2.19. The minimum Gasteiger partial charge on any atom is -0.467 e. The topological polar surface area (TPSA) is 91.7 Å². The van der Waals surface area contributed by atoms with Crippen LogP contribution in [0.15, 0.2) is 22.8 Å². The molecular weight excluding hydrogens is 370 g/mol. The van der Waals surface area contributed by atoms with Gasteiger partial charge in [-0.15, -0.1) is 0 Å². The highest BCUT2D eigenvalue weighted by atomic mass is 16.3. The van der Waals surface area contributed by atoms with Gasteiger partial charge in [-0.05, 0) is 73.8 Å². The molecule has 2 heterocycles. The van der Waals surface area contributed by atoms with Crippen LogP contribution in [0, 0.1) is 29.1 Å². The van der Waals surface area contributed by atoms with Crippen LogP contribution in [-0.4, -0.2) is 29.2 Å². The molecule has 0 aromatic carbocycles. The smallest absolute Gasteiger partial charge is 0.243 e. The van der Waals surface area contributed by atoms with Gasteiger partial charge in [0.25, 0.3) is 0 Å². The first kappa shape index (κ1) is 18.7. The van der Waals surface area contributed by atoms with Crippen molar-refractivity contribution in [2.45, 2.75) is 57.9 Å². The number of amides is 3. The number of hydrogen-bond acceptors (Lipinski definition) is 4. The molecule has 4 bridgehead atoms. The Bertz CT molecular complexity index is 768. The largest absolute Gasteiger partial charge is 0.467 e. The summed E-state index contributed by atoms with van der Waals surface area (Å²) in [5.41, 5.74) is 5.33. The second-order valence-corrected chi connectivity index (χ2v) is 9.89. The first-order valence-electron chi connectivity index (χ1n) is 10.9. The Kier molecular flexibility index (Phi) is 4.63. The van der Waals surface area contributed by atoms with E-state index >= 15 is 0 Å². The van der Waals surface area contributed by atoms with Crippen LogP contribution in [0.2, 0.25) is 0 Å². The Morgan fingerprint density at radius 3 is 2.41 bits per heavy atom. The van der Waals surface area contributed by atoms with E-state index in [0.29, 0.717) is 25.3 Å². The third kappa shape index (κ3) is 3.79. The van der Waals surface area contributed by atoms with Gasteiger partial charge < -0.3 is 9.32 Å². The van der Waals surface area contributed by atoms with Crippen molar-refractivity contribution in [3.05, 3.63) is 24.2 Å². The van der Waals surface area contributed by atoms with Gasteiger partial charge in [0.2, 0.25) is 17.7 Å². The molecule has 1 aromatic heterocycles. The summed E-state index contributed by atoms with van der Waals surface area (Å²) in [6.07, 6.45) is 9.78. The molecule has 5 fully saturated rings. The third-order valence-corrected chi connectivity index (χ3v) is 7.54. The van der Waals surface area contributed by atoms with Gasteiger partial charge >= 0.3 is 0 Å². The number of hydrazine groups is 1. The number of hydrogen-bond donors (Lipinski definition) is 2. The van der Waals surface area contributed by atoms with Gasteiger partial charge in [-0.2, -0.15) is 0 Å². The van der Waals surface area contributed by atoms with E-state index in [-0.39, 0.29) is 29.6 Å². The molecule has 156 valence electrons. The van der Waals surface area contributed by atoms with Crippen molar-refractivity contribution in [3.8, 4) is 0 Å². The van der Waals surface area contributed by atoms with Crippen LogP contribution in [-0.2, 0) is 20.9 Å². The molecule has 7 nitrogen and oxygen atoms in total. The first-order valence-corrected chi connectivity index (χ1v) is 10.9. The molecule has 3 amide bonds. The van der Waals surface area contributed by atoms with E-state index in [4.69, 9.17) is 4.42 Å². The van der Waals surface area contributed by atoms with Gasteiger partial charge in [-0.3, -0.25) is 25.2 Å². The fourth-order valence-electron chi connectivity index (χ4n) is 6.82. The Balaban J connectivity index is 1.10. The summed E-state index contributed by atoms with van der Waals surface area (Å²) < 4.78 is 5.28. The molecule has 4 saturated carbocycles. The maximum Gasteiger partial charge on any atom is 0.243 e. The van der Waals surface area contributed by atoms with Crippen molar-refractivity contribution in [3.63, 3.8) is 0 Å². The summed E-state index contributed by atoms with van der Waals surface area (Å²) >= 11 is 0. The minimum atomic E-state index is -0.447. The lowest BCUT2D eigenvalue weighted by molar-refractivity contribution is -0.135. The Labute approximate surface area is 170 Å². The summed E-state index contributed by atoms with van der Waals surface area (Å²) in [4.78, 5) is 38.9. The second kappa shape index (κ2) is 7.18. The molecule has 7 heteroatoms. The van der Waals surface area contributed by atoms with Crippen LogP contribution in [0.3, 0.4) is 0 Å². The van der Waals surface area contributed by atoms with Gasteiger partial charge in [-0.1, -0.05) is 0 Å². The lowest BCUT2D eigenvalue weighted by Crippen LogP contribution is -2.50. The average molecular weight is 399 g/mol. The lowest BCUT2D eigenvalue weighted by atomic mass is 9.49. The van der Waals surface area contributed by atoms with Crippen LogP contribution in [0.25, 0.3) is 0 Å². The molecule has 6 rings (SSSR count). The molecule has 5 aliphatic rings. The van der Waals surface area contributed by atoms with Crippen LogP contribution in [0.4, 0.5) is 0 Å². The van der Waals surface area contributed by atoms with E-state index in [1.807, 2.05) is 6.07 Å². The Morgan fingerprint density at radius 2 is 1.79 bits per heavy atom. The molecular formula is C22H29N3O4. The van der Waals surface area contributed by atoms with E-state index in [1.165, 1.54) is 38.5 Å². The van der Waals surface area contributed by atoms with Crippen LogP contribution < -0.4 is 10.9 Å². The quantitative estimate of drug-likeness (QED) is 0.744. The van der Waals surface area contributed by atoms with Gasteiger partial charge in [0.1, 0.15) is 5.76 Å². The second-order valence-electron chi connectivity index (χ2n) is 9.89. The third-order valence-electron chi connectivity index (χ3n) is 7.54. The summed E-state index contributed by atoms with van der Waals surface area (Å²) in [6.45, 7) is 0.713. The van der Waals surface area contributed by atoms with Gasteiger partial charge in [0, 0.05) is 19.4 Å². The average Bonchev–Trinajstić information content (AvgIpc) is 3.29. The van der Waals surface area contributed by atoms with Crippen molar-refractivity contribution >= 4 is 17.7 Å². The SMILES string of the molecule is O=C(CC12CC3CC(CC(C3)C1)C2)NNC(=O)C1CC(=O)N(Cc2ccco2)C1. The molecule has 29 heavy (non-hydrogen) atoms. The predicted molar refractivity (Wildman–Crippen MR) is 104 cm³/mol. The Morgan fingerprint density at radius 1 is 1.10 bits per heavy atom. The zero-order valence-electron chi connectivity index (χ0n) is 16.7. The molecule has 1 aliphatic heterocycles. The maximum absolute atomic E-state index is 12.6. The van der Waals surface area contributed by atoms with Crippen molar-refractivity contribution < 1.29 is 18.8 Å². The number of carbonyl (C=O) groups is 3. The zero-order valence-corrected chi connectivity index (χ0v) is 16.7. The minimum absolute atomic E-state index is 0.0681. The monoisotopic (exact) mass is 399 g/mol. The highest BCUT2D eigenvalue weighted by Gasteiger charge is 2.51. The summed E-state index contributed by atoms with van der Waals surface area (Å²) in [7, 11) is 0. The van der Waals surface area contributed by atoms with Crippen molar-refractivity contribution in [1.29, 1.82) is 0 Å². The molecule has 1 atom stereocenters. The molecule has 4 aliphatic carbocycles. The van der Waals surface area contributed by atoms with Crippen molar-refractivity contribution in [2.24, 2.45) is 29.1 Å². The van der Waals surface area contributed by atoms with Crippen molar-refractivity contribution in [2.75, 3.05) is 6.54 Å². The fraction of sp³-hybridized carbons (Fsp3) is 0.682. The van der Waals surface area contributed by atoms with Crippen molar-refractivity contribution in [1.82, 2.24) is 15.8 Å². The van der Waals surface area contributed by atoms with Gasteiger partial charge in [0.15, 0.2) is 0 Å². The number of furan rings is 1. The molecule has 2 N–H and O–H groups in total. The number of likely N-dealkylation sites (tertiary alicyclic amines) is 1. The molecule has 1 unspecified atom stereocenters. The van der Waals surface area contributed by atoms with Crippen LogP contribution in [0.5, 0.6) is 0 Å². The first-order chi connectivity index (χ1) is 14.0. The van der Waals surface area contributed by atoms with Gasteiger partial charge in [0.05, 0.1) is 18.7 Å². The number of carbonyl (C=O) groups excluding carboxylic acids is 3. The summed E-state index contributed by atoms with van der Waals surface area (Å²) in [6, 6.07) is 3.59. The lowest BCUT2D eigenvalue weighted by Gasteiger charge is -2.56. The summed E-state index contributed by atoms with van der Waals surface area (Å²) in [5, 5.41) is 0. The number of rotatable bonds is 5. The number of nitrogens with one attached hydrogen (secondary N) is 2. The predicted octanol–water partition coefficient (Wildman–Crippen LogP) is 2.38. The molecule has 1 saturated heterocycles. The normalized spacial score (nSPS) is 35.2. The van der Waals surface area contributed by atoms with E-state index in [0.717, 1.165) is 17.8 Å². The van der Waals surface area contributed by atoms with Gasteiger partial charge in [-0.25, -0.2) is 0 Å². The van der Waals surface area contributed by atoms with E-state index in [9.17, 15) is 14.4 Å². The van der Waals surface area contributed by atoms with Crippen LogP contribution in [0.1, 0.15) is 57.1 Å². The Hall–Kier alpha value is -2.31.